The number of methoxy groups -OCH3 is 1. The van der Waals surface area contributed by atoms with E-state index in [4.69, 9.17) is 4.74 Å². The molecule has 0 aliphatic rings. The van der Waals surface area contributed by atoms with Gasteiger partial charge in [0.1, 0.15) is 0 Å². The van der Waals surface area contributed by atoms with Crippen molar-refractivity contribution in [3.05, 3.63) is 0 Å². The minimum Gasteiger partial charge on any atom is -0.393 e. The maximum absolute atomic E-state index is 4.78. The SMILES string of the molecule is CCBCOC. The fourth-order valence-electron chi connectivity index (χ4n) is 0.289. The van der Waals surface area contributed by atoms with Gasteiger partial charge in [-0.15, -0.1) is 0 Å². The van der Waals surface area contributed by atoms with E-state index in [-0.39, 0.29) is 0 Å². The van der Waals surface area contributed by atoms with Gasteiger partial charge < -0.3 is 4.74 Å². The first-order valence-electron chi connectivity index (χ1n) is 2.40. The molecule has 0 atom stereocenters. The van der Waals surface area contributed by atoms with Gasteiger partial charge in [0.25, 0.3) is 0 Å². The summed E-state index contributed by atoms with van der Waals surface area (Å²) in [5.74, 6) is 0. The van der Waals surface area contributed by atoms with Crippen LogP contribution in [0.1, 0.15) is 6.92 Å². The Morgan fingerprint density at radius 1 is 1.67 bits per heavy atom. The van der Waals surface area contributed by atoms with Crippen LogP contribution in [0.25, 0.3) is 0 Å². The second-order valence-electron chi connectivity index (χ2n) is 1.35. The molecule has 0 aliphatic heterocycles. The molecule has 0 aromatic heterocycles. The van der Waals surface area contributed by atoms with Crippen molar-refractivity contribution in [2.24, 2.45) is 0 Å². The molecule has 1 nitrogen and oxygen atoms in total. The van der Waals surface area contributed by atoms with Crippen molar-refractivity contribution in [3.8, 4) is 0 Å². The predicted molar refractivity (Wildman–Crippen MR) is 29.5 cm³/mol. The van der Waals surface area contributed by atoms with Crippen molar-refractivity contribution in [2.45, 2.75) is 13.2 Å². The summed E-state index contributed by atoms with van der Waals surface area (Å²) in [5.41, 5.74) is 0. The topological polar surface area (TPSA) is 9.23 Å². The highest BCUT2D eigenvalue weighted by atomic mass is 16.5. The van der Waals surface area contributed by atoms with Gasteiger partial charge in [-0.05, 0) is 0 Å². The van der Waals surface area contributed by atoms with Crippen molar-refractivity contribution < 1.29 is 4.74 Å². The summed E-state index contributed by atoms with van der Waals surface area (Å²) in [6.45, 7) is 3.07. The Kier molecular flexibility index (Phi) is 5.05. The van der Waals surface area contributed by atoms with Crippen LogP contribution < -0.4 is 0 Å². The summed E-state index contributed by atoms with van der Waals surface area (Å²) in [5, 5.41) is 0. The summed E-state index contributed by atoms with van der Waals surface area (Å²) in [6.07, 6.45) is 1.23. The molecule has 0 unspecified atom stereocenters. The average molecular weight is 85.9 g/mol. The number of hydrogen-bond donors (Lipinski definition) is 0. The summed E-state index contributed by atoms with van der Waals surface area (Å²) in [6, 6.07) is 0. The lowest BCUT2D eigenvalue weighted by Crippen LogP contribution is -1.96. The molecule has 0 saturated heterocycles. The minimum atomic E-state index is 0.913. The van der Waals surface area contributed by atoms with Crippen LogP contribution in [0, 0.1) is 0 Å². The van der Waals surface area contributed by atoms with Crippen LogP contribution in [-0.2, 0) is 4.74 Å². The summed E-state index contributed by atoms with van der Waals surface area (Å²) in [7, 11) is 2.92. The first-order valence-corrected chi connectivity index (χ1v) is 2.40. The van der Waals surface area contributed by atoms with Gasteiger partial charge in [-0.2, -0.15) is 0 Å². The Labute approximate surface area is 39.9 Å². The van der Waals surface area contributed by atoms with Crippen LogP contribution in [-0.4, -0.2) is 20.9 Å². The lowest BCUT2D eigenvalue weighted by molar-refractivity contribution is 0.251. The molecule has 0 radical (unpaired) electrons. The van der Waals surface area contributed by atoms with Gasteiger partial charge >= 0.3 is 0 Å². The fourth-order valence-corrected chi connectivity index (χ4v) is 0.289. The van der Waals surface area contributed by atoms with Crippen LogP contribution >= 0.6 is 0 Å². The Morgan fingerprint density at radius 3 is 2.50 bits per heavy atom. The van der Waals surface area contributed by atoms with E-state index >= 15 is 0 Å². The van der Waals surface area contributed by atoms with Gasteiger partial charge in [-0.25, -0.2) is 0 Å². The Hall–Kier alpha value is 0.0249. The van der Waals surface area contributed by atoms with Gasteiger partial charge in [-0.1, -0.05) is 13.2 Å². The van der Waals surface area contributed by atoms with E-state index in [1.807, 2.05) is 0 Å². The zero-order chi connectivity index (χ0) is 4.83. The molecular weight excluding hydrogens is 74.9 g/mol. The van der Waals surface area contributed by atoms with Crippen molar-refractivity contribution in [2.75, 3.05) is 13.6 Å². The van der Waals surface area contributed by atoms with Gasteiger partial charge in [0.15, 0.2) is 7.28 Å². The summed E-state index contributed by atoms with van der Waals surface area (Å²) in [4.78, 5) is 0. The quantitative estimate of drug-likeness (QED) is 0.358. The number of hydrogen-bond acceptors (Lipinski definition) is 1. The number of ether oxygens (including phenoxy) is 1. The van der Waals surface area contributed by atoms with Crippen LogP contribution in [0.4, 0.5) is 0 Å². The molecule has 0 heterocycles. The molecule has 0 aromatic rings. The Bertz CT molecular complexity index is 19.5. The largest absolute Gasteiger partial charge is 0.393 e. The Morgan fingerprint density at radius 2 is 2.33 bits per heavy atom. The second-order valence-corrected chi connectivity index (χ2v) is 1.35. The van der Waals surface area contributed by atoms with Gasteiger partial charge in [0.2, 0.25) is 0 Å². The lowest BCUT2D eigenvalue weighted by atomic mass is 9.77. The summed E-state index contributed by atoms with van der Waals surface area (Å²) < 4.78 is 4.78. The second kappa shape index (κ2) is 5.02. The standard InChI is InChI=1S/C4H11BO/c1-3-5-4-6-2/h5H,3-4H2,1-2H3. The fraction of sp³-hybridized carbons (Fsp3) is 1.00. The summed E-state index contributed by atoms with van der Waals surface area (Å²) >= 11 is 0. The monoisotopic (exact) mass is 86.1 g/mol. The van der Waals surface area contributed by atoms with Crippen LogP contribution in [0.5, 0.6) is 0 Å². The van der Waals surface area contributed by atoms with Crippen LogP contribution in [0.2, 0.25) is 6.32 Å². The maximum Gasteiger partial charge on any atom is 0.153 e. The van der Waals surface area contributed by atoms with Crippen molar-refractivity contribution >= 4 is 7.28 Å². The third-order valence-corrected chi connectivity index (χ3v) is 0.702. The molecule has 0 rings (SSSR count). The maximum atomic E-state index is 4.78. The average Bonchev–Trinajstić information content (AvgIpc) is 1.61. The van der Waals surface area contributed by atoms with Crippen LogP contribution in [0.15, 0.2) is 0 Å². The molecule has 2 heteroatoms. The predicted octanol–water partition coefficient (Wildman–Crippen LogP) is 0.465. The highest BCUT2D eigenvalue weighted by Crippen LogP contribution is 1.71. The normalized spacial score (nSPS) is 8.33. The van der Waals surface area contributed by atoms with E-state index in [1.165, 1.54) is 13.6 Å². The third-order valence-electron chi connectivity index (χ3n) is 0.702. The van der Waals surface area contributed by atoms with E-state index < -0.39 is 0 Å². The van der Waals surface area contributed by atoms with Gasteiger partial charge in [0, 0.05) is 13.6 Å². The van der Waals surface area contributed by atoms with E-state index in [0.29, 0.717) is 0 Å². The molecular formula is C4H11BO. The highest BCUT2D eigenvalue weighted by Gasteiger charge is 1.79. The van der Waals surface area contributed by atoms with Gasteiger partial charge in [0.05, 0.1) is 0 Å². The molecule has 0 bridgehead atoms. The van der Waals surface area contributed by atoms with Crippen molar-refractivity contribution in [3.63, 3.8) is 0 Å². The molecule has 36 valence electrons. The first kappa shape index (κ1) is 6.02. The molecule has 0 N–H and O–H groups in total. The molecule has 0 saturated carbocycles. The molecule has 0 fully saturated rings. The third kappa shape index (κ3) is 4.02. The minimum absolute atomic E-state index is 0.913. The lowest BCUT2D eigenvalue weighted by Gasteiger charge is -1.87. The molecule has 0 aromatic carbocycles. The van der Waals surface area contributed by atoms with Crippen LogP contribution in [0.3, 0.4) is 0 Å². The molecule has 0 spiro atoms. The van der Waals surface area contributed by atoms with E-state index in [2.05, 4.69) is 6.92 Å². The van der Waals surface area contributed by atoms with E-state index in [1.54, 1.807) is 7.11 Å². The smallest absolute Gasteiger partial charge is 0.153 e. The first-order chi connectivity index (χ1) is 2.91. The highest BCUT2D eigenvalue weighted by molar-refractivity contribution is 6.34. The molecule has 0 amide bonds. The zero-order valence-corrected chi connectivity index (χ0v) is 4.53. The van der Waals surface area contributed by atoms with Crippen molar-refractivity contribution in [1.82, 2.24) is 0 Å². The van der Waals surface area contributed by atoms with Crippen molar-refractivity contribution in [1.29, 1.82) is 0 Å². The Balaban J connectivity index is 2.34. The number of rotatable bonds is 3. The molecule has 6 heavy (non-hydrogen) atoms. The van der Waals surface area contributed by atoms with Gasteiger partial charge in [-0.3, -0.25) is 0 Å². The molecule has 0 aliphatic carbocycles. The zero-order valence-electron chi connectivity index (χ0n) is 4.53. The van der Waals surface area contributed by atoms with E-state index in [0.717, 1.165) is 6.51 Å². The van der Waals surface area contributed by atoms with E-state index in [9.17, 15) is 0 Å².